The fraction of sp³-hybridized carbons (Fsp3) is 0.467. The van der Waals surface area contributed by atoms with E-state index in [1.807, 2.05) is 18.2 Å². The molecule has 0 aromatic carbocycles. The first-order valence-corrected chi connectivity index (χ1v) is 6.16. The van der Waals surface area contributed by atoms with Crippen molar-refractivity contribution in [3.8, 4) is 0 Å². The molecular weight excluding hydrogens is 196 g/mol. The van der Waals surface area contributed by atoms with Gasteiger partial charge in [0.25, 0.3) is 0 Å². The zero-order chi connectivity index (χ0) is 11.9. The average Bonchev–Trinajstić information content (AvgIpc) is 2.31. The van der Waals surface area contributed by atoms with E-state index >= 15 is 0 Å². The summed E-state index contributed by atoms with van der Waals surface area (Å²) in [5, 5.41) is 8.56. The second kappa shape index (κ2) is 13.9. The monoisotopic (exact) mass is 220 g/mol. The van der Waals surface area contributed by atoms with Crippen molar-refractivity contribution in [3.05, 3.63) is 48.6 Å². The van der Waals surface area contributed by atoms with Gasteiger partial charge in [-0.05, 0) is 32.1 Å². The summed E-state index contributed by atoms with van der Waals surface area (Å²) in [5.41, 5.74) is 0. The van der Waals surface area contributed by atoms with Crippen molar-refractivity contribution in [1.29, 1.82) is 0 Å². The highest BCUT2D eigenvalue weighted by Gasteiger charge is 1.76. The van der Waals surface area contributed by atoms with E-state index in [0.29, 0.717) is 0 Å². The first-order valence-electron chi connectivity index (χ1n) is 6.16. The molecule has 0 aliphatic heterocycles. The van der Waals surface area contributed by atoms with E-state index < -0.39 is 0 Å². The standard InChI is InChI=1S/C15H24O/c1-2-3-4-5-6-7-8-9-10-11-12-13-14-15-16/h3-4,7-12,16H,2,5-6,13-15H2,1H3. The van der Waals surface area contributed by atoms with E-state index in [1.54, 1.807) is 0 Å². The third-order valence-corrected chi connectivity index (χ3v) is 2.04. The summed E-state index contributed by atoms with van der Waals surface area (Å²) in [6.07, 6.45) is 22.0. The fourth-order valence-corrected chi connectivity index (χ4v) is 1.16. The molecule has 0 saturated carbocycles. The smallest absolute Gasteiger partial charge is 0.0433 e. The predicted octanol–water partition coefficient (Wildman–Crippen LogP) is 4.17. The second-order valence-corrected chi connectivity index (χ2v) is 3.56. The van der Waals surface area contributed by atoms with Crippen LogP contribution in [0.15, 0.2) is 48.6 Å². The molecule has 0 amide bonds. The quantitative estimate of drug-likeness (QED) is 0.351. The first-order chi connectivity index (χ1) is 7.91. The van der Waals surface area contributed by atoms with Crippen LogP contribution in [0.1, 0.15) is 39.0 Å². The number of unbranched alkanes of at least 4 members (excludes halogenated alkanes) is 2. The van der Waals surface area contributed by atoms with Gasteiger partial charge < -0.3 is 5.11 Å². The lowest BCUT2D eigenvalue weighted by atomic mass is 10.2. The lowest BCUT2D eigenvalue weighted by Crippen LogP contribution is -1.77. The minimum Gasteiger partial charge on any atom is -0.396 e. The summed E-state index contributed by atoms with van der Waals surface area (Å²) in [5.74, 6) is 0. The van der Waals surface area contributed by atoms with Gasteiger partial charge in [0.2, 0.25) is 0 Å². The summed E-state index contributed by atoms with van der Waals surface area (Å²) in [4.78, 5) is 0. The number of rotatable bonds is 9. The molecule has 0 aliphatic carbocycles. The Labute approximate surface area is 99.9 Å². The minimum atomic E-state index is 0.277. The van der Waals surface area contributed by atoms with Crippen molar-refractivity contribution in [2.75, 3.05) is 6.61 Å². The van der Waals surface area contributed by atoms with Gasteiger partial charge in [0.1, 0.15) is 0 Å². The molecular formula is C15H24O. The molecule has 0 fully saturated rings. The molecule has 0 spiro atoms. The molecule has 90 valence electrons. The summed E-state index contributed by atoms with van der Waals surface area (Å²) < 4.78 is 0. The number of aliphatic hydroxyl groups excluding tert-OH is 1. The topological polar surface area (TPSA) is 20.2 Å². The molecule has 0 unspecified atom stereocenters. The van der Waals surface area contributed by atoms with Crippen LogP contribution in [-0.2, 0) is 0 Å². The number of hydrogen-bond acceptors (Lipinski definition) is 1. The van der Waals surface area contributed by atoms with E-state index in [-0.39, 0.29) is 6.61 Å². The maximum Gasteiger partial charge on any atom is 0.0433 e. The highest BCUT2D eigenvalue weighted by atomic mass is 16.2. The number of aliphatic hydroxyl groups is 1. The van der Waals surface area contributed by atoms with Crippen LogP contribution in [0, 0.1) is 0 Å². The summed E-state index contributed by atoms with van der Waals surface area (Å²) in [6.45, 7) is 2.43. The Morgan fingerprint density at radius 3 is 2.00 bits per heavy atom. The van der Waals surface area contributed by atoms with Crippen molar-refractivity contribution < 1.29 is 5.11 Å². The fourth-order valence-electron chi connectivity index (χ4n) is 1.16. The van der Waals surface area contributed by atoms with E-state index in [2.05, 4.69) is 37.3 Å². The van der Waals surface area contributed by atoms with E-state index in [0.717, 1.165) is 32.1 Å². The SMILES string of the molecule is CCC=CCCC=CC=CC=CCCCO. The minimum absolute atomic E-state index is 0.277. The van der Waals surface area contributed by atoms with Crippen LogP contribution in [0.4, 0.5) is 0 Å². The van der Waals surface area contributed by atoms with Crippen molar-refractivity contribution in [2.45, 2.75) is 39.0 Å². The summed E-state index contributed by atoms with van der Waals surface area (Å²) in [7, 11) is 0. The zero-order valence-electron chi connectivity index (χ0n) is 10.3. The number of allylic oxidation sites excluding steroid dienone is 8. The molecule has 0 bridgehead atoms. The summed E-state index contributed by atoms with van der Waals surface area (Å²) >= 11 is 0. The van der Waals surface area contributed by atoms with Crippen LogP contribution < -0.4 is 0 Å². The maximum absolute atomic E-state index is 8.56. The van der Waals surface area contributed by atoms with Crippen molar-refractivity contribution in [1.82, 2.24) is 0 Å². The number of hydrogen-bond donors (Lipinski definition) is 1. The Morgan fingerprint density at radius 2 is 1.38 bits per heavy atom. The van der Waals surface area contributed by atoms with E-state index in [9.17, 15) is 0 Å². The zero-order valence-corrected chi connectivity index (χ0v) is 10.3. The molecule has 1 N–H and O–H groups in total. The van der Waals surface area contributed by atoms with Crippen LogP contribution in [0.3, 0.4) is 0 Å². The normalized spacial score (nSPS) is 12.9. The second-order valence-electron chi connectivity index (χ2n) is 3.56. The molecule has 0 rings (SSSR count). The Balaban J connectivity index is 3.40. The molecule has 0 aliphatic rings. The third-order valence-electron chi connectivity index (χ3n) is 2.04. The van der Waals surface area contributed by atoms with Crippen LogP contribution in [0.25, 0.3) is 0 Å². The molecule has 0 heterocycles. The molecule has 0 aromatic heterocycles. The van der Waals surface area contributed by atoms with Gasteiger partial charge in [-0.1, -0.05) is 55.5 Å². The maximum atomic E-state index is 8.56. The van der Waals surface area contributed by atoms with Gasteiger partial charge in [0, 0.05) is 6.61 Å². The van der Waals surface area contributed by atoms with Gasteiger partial charge in [-0.25, -0.2) is 0 Å². The van der Waals surface area contributed by atoms with Crippen molar-refractivity contribution in [2.24, 2.45) is 0 Å². The third kappa shape index (κ3) is 12.9. The predicted molar refractivity (Wildman–Crippen MR) is 72.4 cm³/mol. The van der Waals surface area contributed by atoms with Crippen LogP contribution in [-0.4, -0.2) is 11.7 Å². The molecule has 16 heavy (non-hydrogen) atoms. The van der Waals surface area contributed by atoms with Gasteiger partial charge in [-0.3, -0.25) is 0 Å². The van der Waals surface area contributed by atoms with Gasteiger partial charge in [0.05, 0.1) is 0 Å². The van der Waals surface area contributed by atoms with Gasteiger partial charge in [-0.15, -0.1) is 0 Å². The van der Waals surface area contributed by atoms with Gasteiger partial charge in [0.15, 0.2) is 0 Å². The molecule has 1 heteroatoms. The Kier molecular flexibility index (Phi) is 13.0. The highest BCUT2D eigenvalue weighted by Crippen LogP contribution is 1.95. The summed E-state index contributed by atoms with van der Waals surface area (Å²) in [6, 6.07) is 0. The van der Waals surface area contributed by atoms with Gasteiger partial charge >= 0.3 is 0 Å². The Hall–Kier alpha value is -1.08. The Bertz CT molecular complexity index is 234. The largest absolute Gasteiger partial charge is 0.396 e. The molecule has 0 saturated heterocycles. The van der Waals surface area contributed by atoms with Crippen molar-refractivity contribution in [3.63, 3.8) is 0 Å². The van der Waals surface area contributed by atoms with Crippen LogP contribution in [0.5, 0.6) is 0 Å². The van der Waals surface area contributed by atoms with Crippen LogP contribution in [0.2, 0.25) is 0 Å². The highest BCUT2D eigenvalue weighted by molar-refractivity contribution is 5.11. The molecule has 1 nitrogen and oxygen atoms in total. The molecule has 0 aromatic rings. The molecule has 0 radical (unpaired) electrons. The van der Waals surface area contributed by atoms with E-state index in [4.69, 9.17) is 5.11 Å². The average molecular weight is 220 g/mol. The first kappa shape index (κ1) is 14.9. The molecule has 0 atom stereocenters. The van der Waals surface area contributed by atoms with Gasteiger partial charge in [-0.2, -0.15) is 0 Å². The van der Waals surface area contributed by atoms with Crippen molar-refractivity contribution >= 4 is 0 Å². The lowest BCUT2D eigenvalue weighted by Gasteiger charge is -1.85. The lowest BCUT2D eigenvalue weighted by molar-refractivity contribution is 0.289. The van der Waals surface area contributed by atoms with Crippen LogP contribution >= 0.6 is 0 Å². The Morgan fingerprint density at radius 1 is 0.750 bits per heavy atom. The van der Waals surface area contributed by atoms with E-state index in [1.165, 1.54) is 0 Å².